The Kier molecular flexibility index (Phi) is 4.90. The molecule has 0 aliphatic heterocycles. The zero-order chi connectivity index (χ0) is 15.8. The molecule has 0 aliphatic rings. The second-order valence-corrected chi connectivity index (χ2v) is 10.3. The Hall–Kier alpha value is -0.640. The van der Waals surface area contributed by atoms with Crippen LogP contribution in [0.25, 0.3) is 0 Å². The molecule has 0 saturated carbocycles. The van der Waals surface area contributed by atoms with Crippen LogP contribution in [-0.4, -0.2) is 34.4 Å². The van der Waals surface area contributed by atoms with Crippen molar-refractivity contribution in [3.05, 3.63) is 22.7 Å². The van der Waals surface area contributed by atoms with E-state index in [4.69, 9.17) is 5.73 Å². The number of anilines is 1. The van der Waals surface area contributed by atoms with Crippen molar-refractivity contribution >= 4 is 41.5 Å². The second-order valence-electron chi connectivity index (χ2n) is 5.04. The van der Waals surface area contributed by atoms with Crippen molar-refractivity contribution in [2.75, 3.05) is 18.5 Å². The predicted molar refractivity (Wildman–Crippen MR) is 82.7 cm³/mol. The summed E-state index contributed by atoms with van der Waals surface area (Å²) >= 11 is 3.15. The molecule has 9 heteroatoms. The maximum absolute atomic E-state index is 12.1. The normalized spacial score (nSPS) is 13.4. The number of rotatable bonds is 5. The van der Waals surface area contributed by atoms with Gasteiger partial charge in [-0.2, -0.15) is 0 Å². The van der Waals surface area contributed by atoms with Crippen LogP contribution >= 0.6 is 15.9 Å². The third kappa shape index (κ3) is 3.94. The highest BCUT2D eigenvalue weighted by molar-refractivity contribution is 9.10. The third-order valence-electron chi connectivity index (χ3n) is 2.97. The fraction of sp³-hybridized carbons (Fsp3) is 0.455. The van der Waals surface area contributed by atoms with E-state index in [-0.39, 0.29) is 11.4 Å². The van der Waals surface area contributed by atoms with Gasteiger partial charge >= 0.3 is 0 Å². The lowest BCUT2D eigenvalue weighted by atomic mass is 10.2. The van der Waals surface area contributed by atoms with Crippen molar-refractivity contribution in [3.8, 4) is 0 Å². The summed E-state index contributed by atoms with van der Waals surface area (Å²) in [5, 5.41) is 0. The first-order chi connectivity index (χ1) is 8.87. The van der Waals surface area contributed by atoms with E-state index in [2.05, 4.69) is 20.7 Å². The van der Waals surface area contributed by atoms with Gasteiger partial charge in [-0.1, -0.05) is 0 Å². The van der Waals surface area contributed by atoms with Gasteiger partial charge in [-0.05, 0) is 48.0 Å². The summed E-state index contributed by atoms with van der Waals surface area (Å²) < 4.78 is 48.9. The van der Waals surface area contributed by atoms with E-state index in [0.717, 1.165) is 6.26 Å². The lowest BCUT2D eigenvalue weighted by Crippen LogP contribution is -2.43. The molecule has 3 N–H and O–H groups in total. The largest absolute Gasteiger partial charge is 0.398 e. The predicted octanol–water partition coefficient (Wildman–Crippen LogP) is 1.13. The van der Waals surface area contributed by atoms with Gasteiger partial charge in [0.05, 0.1) is 9.64 Å². The summed E-state index contributed by atoms with van der Waals surface area (Å²) in [5.74, 6) is 0. The van der Waals surface area contributed by atoms with Crippen LogP contribution in [0.15, 0.2) is 27.6 Å². The van der Waals surface area contributed by atoms with Gasteiger partial charge in [0, 0.05) is 23.0 Å². The number of hydrogen-bond donors (Lipinski definition) is 2. The number of halogens is 1. The van der Waals surface area contributed by atoms with Crippen LogP contribution in [0.2, 0.25) is 0 Å². The number of hydrogen-bond acceptors (Lipinski definition) is 5. The average molecular weight is 385 g/mol. The van der Waals surface area contributed by atoms with Crippen LogP contribution in [0.3, 0.4) is 0 Å². The van der Waals surface area contributed by atoms with E-state index in [1.807, 2.05) is 0 Å². The quantitative estimate of drug-likeness (QED) is 0.740. The molecule has 0 aliphatic carbocycles. The highest BCUT2D eigenvalue weighted by Gasteiger charge is 2.31. The fourth-order valence-corrected chi connectivity index (χ4v) is 3.35. The number of benzene rings is 1. The van der Waals surface area contributed by atoms with Crippen molar-refractivity contribution in [2.45, 2.75) is 23.5 Å². The molecule has 0 bridgehead atoms. The molecule has 1 aromatic rings. The average Bonchev–Trinajstić information content (AvgIpc) is 2.29. The van der Waals surface area contributed by atoms with Gasteiger partial charge in [-0.15, -0.1) is 0 Å². The SMILES string of the molecule is CC(C)(CNS(=O)(=O)c1ccc(N)c(Br)c1)S(C)(=O)=O. The van der Waals surface area contributed by atoms with E-state index in [9.17, 15) is 16.8 Å². The van der Waals surface area contributed by atoms with E-state index in [1.54, 1.807) is 0 Å². The van der Waals surface area contributed by atoms with Crippen LogP contribution in [-0.2, 0) is 19.9 Å². The molecule has 1 rings (SSSR count). The number of sulfonamides is 1. The number of nitrogens with one attached hydrogen (secondary N) is 1. The molecule has 0 heterocycles. The molecule has 0 atom stereocenters. The first-order valence-electron chi connectivity index (χ1n) is 5.61. The fourth-order valence-electron chi connectivity index (χ4n) is 1.16. The summed E-state index contributed by atoms with van der Waals surface area (Å²) in [4.78, 5) is 0.0166. The van der Waals surface area contributed by atoms with E-state index < -0.39 is 24.6 Å². The molecule has 0 aromatic heterocycles. The second kappa shape index (κ2) is 5.63. The van der Waals surface area contributed by atoms with Crippen LogP contribution in [0.5, 0.6) is 0 Å². The van der Waals surface area contributed by atoms with Gasteiger partial charge in [-0.3, -0.25) is 0 Å². The number of nitrogens with two attached hydrogens (primary N) is 1. The Morgan fingerprint density at radius 1 is 1.25 bits per heavy atom. The van der Waals surface area contributed by atoms with Crippen LogP contribution in [0, 0.1) is 0 Å². The molecule has 20 heavy (non-hydrogen) atoms. The molecule has 114 valence electrons. The van der Waals surface area contributed by atoms with Gasteiger partial charge in [-0.25, -0.2) is 21.6 Å². The molecule has 1 aromatic carbocycles. The van der Waals surface area contributed by atoms with Gasteiger partial charge in [0.1, 0.15) is 0 Å². The van der Waals surface area contributed by atoms with Crippen LogP contribution < -0.4 is 10.5 Å². The van der Waals surface area contributed by atoms with Crippen molar-refractivity contribution < 1.29 is 16.8 Å². The highest BCUT2D eigenvalue weighted by atomic mass is 79.9. The topological polar surface area (TPSA) is 106 Å². The molecule has 6 nitrogen and oxygen atoms in total. The Morgan fingerprint density at radius 3 is 2.25 bits per heavy atom. The summed E-state index contributed by atoms with van der Waals surface area (Å²) in [6.45, 7) is 2.71. The molecule has 0 amide bonds. The van der Waals surface area contributed by atoms with Crippen molar-refractivity contribution in [1.82, 2.24) is 4.72 Å². The van der Waals surface area contributed by atoms with Gasteiger partial charge < -0.3 is 5.73 Å². The first kappa shape index (κ1) is 17.4. The number of sulfone groups is 1. The maximum atomic E-state index is 12.1. The van der Waals surface area contributed by atoms with Gasteiger partial charge in [0.25, 0.3) is 0 Å². The van der Waals surface area contributed by atoms with E-state index in [0.29, 0.717) is 10.2 Å². The molecular weight excluding hydrogens is 368 g/mol. The lowest BCUT2D eigenvalue weighted by molar-refractivity contribution is 0.537. The third-order valence-corrected chi connectivity index (χ3v) is 7.21. The summed E-state index contributed by atoms with van der Waals surface area (Å²) in [6.07, 6.45) is 1.07. The summed E-state index contributed by atoms with van der Waals surface area (Å²) in [5.41, 5.74) is 6.01. The zero-order valence-electron chi connectivity index (χ0n) is 11.3. The maximum Gasteiger partial charge on any atom is 0.240 e. The van der Waals surface area contributed by atoms with Crippen molar-refractivity contribution in [1.29, 1.82) is 0 Å². The molecule has 0 radical (unpaired) electrons. The van der Waals surface area contributed by atoms with Crippen molar-refractivity contribution in [2.24, 2.45) is 0 Å². The molecular formula is C11H17BrN2O4S2. The molecule has 0 saturated heterocycles. The monoisotopic (exact) mass is 384 g/mol. The van der Waals surface area contributed by atoms with Gasteiger partial charge in [0.15, 0.2) is 9.84 Å². The minimum atomic E-state index is -3.79. The summed E-state index contributed by atoms with van der Waals surface area (Å²) in [6, 6.07) is 4.18. The van der Waals surface area contributed by atoms with Gasteiger partial charge in [0.2, 0.25) is 10.0 Å². The van der Waals surface area contributed by atoms with E-state index in [1.165, 1.54) is 32.0 Å². The number of nitrogen functional groups attached to an aromatic ring is 1. The smallest absolute Gasteiger partial charge is 0.240 e. The minimum absolute atomic E-state index is 0.0166. The minimum Gasteiger partial charge on any atom is -0.398 e. The molecule has 0 unspecified atom stereocenters. The lowest BCUT2D eigenvalue weighted by Gasteiger charge is -2.22. The molecule has 0 spiro atoms. The van der Waals surface area contributed by atoms with Crippen LogP contribution in [0.1, 0.15) is 13.8 Å². The Bertz CT molecular complexity index is 712. The zero-order valence-corrected chi connectivity index (χ0v) is 14.6. The molecule has 0 fully saturated rings. The Labute approximate surface area is 127 Å². The van der Waals surface area contributed by atoms with E-state index >= 15 is 0 Å². The Balaban J connectivity index is 3.00. The Morgan fingerprint density at radius 2 is 1.80 bits per heavy atom. The standard InChI is InChI=1S/C11H17BrN2O4S2/c1-11(2,19(3,15)16)7-14-20(17,18)8-4-5-10(13)9(12)6-8/h4-6,14H,7,13H2,1-3H3. The highest BCUT2D eigenvalue weighted by Crippen LogP contribution is 2.23. The van der Waals surface area contributed by atoms with Crippen LogP contribution in [0.4, 0.5) is 5.69 Å². The summed E-state index contributed by atoms with van der Waals surface area (Å²) in [7, 11) is -7.17. The first-order valence-corrected chi connectivity index (χ1v) is 9.78. The van der Waals surface area contributed by atoms with Crippen molar-refractivity contribution in [3.63, 3.8) is 0 Å².